The van der Waals surface area contributed by atoms with Gasteiger partial charge in [-0.2, -0.15) is 0 Å². The van der Waals surface area contributed by atoms with Crippen molar-refractivity contribution < 1.29 is 19.0 Å². The molecule has 4 aromatic carbocycles. The van der Waals surface area contributed by atoms with Gasteiger partial charge in [-0.25, -0.2) is 0 Å². The van der Waals surface area contributed by atoms with E-state index < -0.39 is 0 Å². The van der Waals surface area contributed by atoms with Gasteiger partial charge in [0.1, 0.15) is 12.4 Å². The average molecular weight is 468 g/mol. The van der Waals surface area contributed by atoms with Crippen LogP contribution in [0.4, 0.5) is 0 Å². The Bertz CT molecular complexity index is 1200. The molecule has 0 bridgehead atoms. The highest BCUT2D eigenvalue weighted by Gasteiger charge is 2.19. The molecular formula is C30H29NO4. The predicted octanol–water partition coefficient (Wildman–Crippen LogP) is 6.13. The van der Waals surface area contributed by atoms with Gasteiger partial charge in [-0.1, -0.05) is 72.8 Å². The lowest BCUT2D eigenvalue weighted by molar-refractivity contribution is 0.0729. The van der Waals surface area contributed by atoms with Crippen LogP contribution in [0.25, 0.3) is 0 Å². The Labute approximate surface area is 206 Å². The molecule has 0 aromatic heterocycles. The third-order valence-corrected chi connectivity index (χ3v) is 5.70. The van der Waals surface area contributed by atoms with E-state index in [1.165, 1.54) is 0 Å². The summed E-state index contributed by atoms with van der Waals surface area (Å²) in [5.41, 5.74) is 3.51. The van der Waals surface area contributed by atoms with Crippen molar-refractivity contribution in [3.8, 4) is 17.2 Å². The zero-order chi connectivity index (χ0) is 24.5. The first-order valence-corrected chi connectivity index (χ1v) is 11.5. The predicted molar refractivity (Wildman–Crippen MR) is 137 cm³/mol. The molecule has 0 atom stereocenters. The molecule has 178 valence electrons. The highest BCUT2D eigenvalue weighted by molar-refractivity contribution is 5.94. The zero-order valence-corrected chi connectivity index (χ0v) is 20.0. The van der Waals surface area contributed by atoms with E-state index in [1.807, 2.05) is 102 Å². The first kappa shape index (κ1) is 23.9. The van der Waals surface area contributed by atoms with Gasteiger partial charge in [0, 0.05) is 24.2 Å². The average Bonchev–Trinajstić information content (AvgIpc) is 2.92. The van der Waals surface area contributed by atoms with Crippen LogP contribution in [0.2, 0.25) is 0 Å². The molecule has 0 saturated heterocycles. The number of methoxy groups -OCH3 is 2. The Morgan fingerprint density at radius 1 is 0.657 bits per heavy atom. The summed E-state index contributed by atoms with van der Waals surface area (Å²) in [5.74, 6) is 1.88. The molecule has 0 saturated carbocycles. The number of hydrogen-bond acceptors (Lipinski definition) is 4. The van der Waals surface area contributed by atoms with Crippen molar-refractivity contribution in [2.24, 2.45) is 0 Å². The van der Waals surface area contributed by atoms with Crippen LogP contribution in [0.1, 0.15) is 27.0 Å². The molecule has 0 fully saturated rings. The minimum atomic E-state index is -0.0566. The lowest BCUT2D eigenvalue weighted by atomic mass is 10.1. The van der Waals surface area contributed by atoms with Gasteiger partial charge in [0.25, 0.3) is 5.91 Å². The fourth-order valence-electron chi connectivity index (χ4n) is 3.91. The molecule has 35 heavy (non-hydrogen) atoms. The maximum Gasteiger partial charge on any atom is 0.254 e. The summed E-state index contributed by atoms with van der Waals surface area (Å²) >= 11 is 0. The first-order chi connectivity index (χ1) is 17.2. The van der Waals surface area contributed by atoms with Gasteiger partial charge in [0.2, 0.25) is 0 Å². The maximum absolute atomic E-state index is 13.7. The van der Waals surface area contributed by atoms with E-state index in [1.54, 1.807) is 20.3 Å². The van der Waals surface area contributed by atoms with Gasteiger partial charge < -0.3 is 19.1 Å². The second kappa shape index (κ2) is 11.7. The van der Waals surface area contributed by atoms with Crippen LogP contribution in [-0.2, 0) is 19.7 Å². The van der Waals surface area contributed by atoms with Gasteiger partial charge in [-0.15, -0.1) is 0 Å². The number of hydrogen-bond donors (Lipinski definition) is 0. The number of carbonyl (C=O) groups is 1. The lowest BCUT2D eigenvalue weighted by Gasteiger charge is -2.24. The Balaban J connectivity index is 1.59. The summed E-state index contributed by atoms with van der Waals surface area (Å²) in [6.45, 7) is 1.25. The standard InChI is InChI=1S/C30H29NO4/c1-33-27-18-17-25(19-26(27)22-35-29-16-10-9-15-28(29)34-2)30(32)31(20-23-11-5-3-6-12-23)21-24-13-7-4-8-14-24/h3-19H,20-22H2,1-2H3. The van der Waals surface area contributed by atoms with E-state index in [0.29, 0.717) is 35.9 Å². The molecular weight excluding hydrogens is 438 g/mol. The number of para-hydroxylation sites is 2. The van der Waals surface area contributed by atoms with E-state index in [4.69, 9.17) is 14.2 Å². The fraction of sp³-hybridized carbons (Fsp3) is 0.167. The smallest absolute Gasteiger partial charge is 0.254 e. The minimum Gasteiger partial charge on any atom is -0.496 e. The van der Waals surface area contributed by atoms with Gasteiger partial charge >= 0.3 is 0 Å². The van der Waals surface area contributed by atoms with Crippen LogP contribution in [0.5, 0.6) is 17.2 Å². The van der Waals surface area contributed by atoms with Gasteiger partial charge in [0.15, 0.2) is 11.5 Å². The third-order valence-electron chi connectivity index (χ3n) is 5.70. The molecule has 0 aliphatic rings. The Morgan fingerprint density at radius 3 is 1.77 bits per heavy atom. The fourth-order valence-corrected chi connectivity index (χ4v) is 3.91. The zero-order valence-electron chi connectivity index (χ0n) is 20.0. The van der Waals surface area contributed by atoms with E-state index in [0.717, 1.165) is 16.7 Å². The first-order valence-electron chi connectivity index (χ1n) is 11.5. The quantitative estimate of drug-likeness (QED) is 0.282. The van der Waals surface area contributed by atoms with E-state index in [9.17, 15) is 4.79 Å². The van der Waals surface area contributed by atoms with Crippen molar-refractivity contribution in [1.82, 2.24) is 4.90 Å². The summed E-state index contributed by atoms with van der Waals surface area (Å²) in [7, 11) is 3.22. The van der Waals surface area contributed by atoms with Crippen LogP contribution in [0, 0.1) is 0 Å². The summed E-state index contributed by atoms with van der Waals surface area (Å²) in [5, 5.41) is 0. The van der Waals surface area contributed by atoms with Crippen molar-refractivity contribution in [2.45, 2.75) is 19.7 Å². The van der Waals surface area contributed by atoms with Crippen LogP contribution in [-0.4, -0.2) is 25.0 Å². The number of amides is 1. The number of ether oxygens (including phenoxy) is 3. The van der Waals surface area contributed by atoms with E-state index in [-0.39, 0.29) is 12.5 Å². The summed E-state index contributed by atoms with van der Waals surface area (Å²) in [6, 6.07) is 33.0. The molecule has 0 spiro atoms. The van der Waals surface area contributed by atoms with E-state index >= 15 is 0 Å². The van der Waals surface area contributed by atoms with Crippen molar-refractivity contribution >= 4 is 5.91 Å². The van der Waals surface area contributed by atoms with Crippen molar-refractivity contribution in [3.05, 3.63) is 125 Å². The lowest BCUT2D eigenvalue weighted by Crippen LogP contribution is -2.30. The van der Waals surface area contributed by atoms with Gasteiger partial charge in [-0.05, 0) is 41.5 Å². The molecule has 0 N–H and O–H groups in total. The molecule has 1 amide bonds. The molecule has 5 heteroatoms. The number of nitrogens with zero attached hydrogens (tertiary/aromatic N) is 1. The molecule has 0 aliphatic carbocycles. The second-order valence-electron chi connectivity index (χ2n) is 8.10. The number of benzene rings is 4. The highest BCUT2D eigenvalue weighted by Crippen LogP contribution is 2.29. The molecule has 4 rings (SSSR count). The van der Waals surface area contributed by atoms with Gasteiger partial charge in [-0.3, -0.25) is 4.79 Å². The maximum atomic E-state index is 13.7. The summed E-state index contributed by atoms with van der Waals surface area (Å²) in [4.78, 5) is 15.6. The highest BCUT2D eigenvalue weighted by atomic mass is 16.5. The molecule has 0 aliphatic heterocycles. The second-order valence-corrected chi connectivity index (χ2v) is 8.10. The Kier molecular flexibility index (Phi) is 8.02. The normalized spacial score (nSPS) is 10.5. The third kappa shape index (κ3) is 6.21. The molecule has 0 radical (unpaired) electrons. The van der Waals surface area contributed by atoms with Crippen molar-refractivity contribution in [1.29, 1.82) is 0 Å². The number of carbonyl (C=O) groups excluding carboxylic acids is 1. The molecule has 5 nitrogen and oxygen atoms in total. The minimum absolute atomic E-state index is 0.0566. The van der Waals surface area contributed by atoms with Crippen molar-refractivity contribution in [2.75, 3.05) is 14.2 Å². The van der Waals surface area contributed by atoms with Crippen LogP contribution in [0.3, 0.4) is 0 Å². The number of rotatable bonds is 10. The SMILES string of the molecule is COc1ccc(C(=O)N(Cc2ccccc2)Cc2ccccc2)cc1COc1ccccc1OC. The topological polar surface area (TPSA) is 48.0 Å². The van der Waals surface area contributed by atoms with Crippen LogP contribution >= 0.6 is 0 Å². The largest absolute Gasteiger partial charge is 0.496 e. The monoisotopic (exact) mass is 467 g/mol. The Hall–Kier alpha value is -4.25. The molecule has 0 unspecified atom stereocenters. The van der Waals surface area contributed by atoms with Crippen LogP contribution < -0.4 is 14.2 Å². The van der Waals surface area contributed by atoms with Gasteiger partial charge in [0.05, 0.1) is 14.2 Å². The summed E-state index contributed by atoms with van der Waals surface area (Å²) in [6.07, 6.45) is 0. The van der Waals surface area contributed by atoms with E-state index in [2.05, 4.69) is 0 Å². The Morgan fingerprint density at radius 2 is 1.20 bits per heavy atom. The summed E-state index contributed by atoms with van der Waals surface area (Å²) < 4.78 is 16.9. The molecule has 0 heterocycles. The van der Waals surface area contributed by atoms with Crippen molar-refractivity contribution in [3.63, 3.8) is 0 Å². The molecule has 4 aromatic rings. The van der Waals surface area contributed by atoms with Crippen LogP contribution in [0.15, 0.2) is 103 Å².